The van der Waals surface area contributed by atoms with Crippen molar-refractivity contribution in [3.05, 3.63) is 63.6 Å². The van der Waals surface area contributed by atoms with Crippen molar-refractivity contribution >= 4 is 11.7 Å². The minimum atomic E-state index is -2.30. The van der Waals surface area contributed by atoms with Crippen molar-refractivity contribution in [3.8, 4) is 0 Å². The van der Waals surface area contributed by atoms with Gasteiger partial charge >= 0.3 is 112 Å². The summed E-state index contributed by atoms with van der Waals surface area (Å²) in [5.74, 6) is 0. The summed E-state index contributed by atoms with van der Waals surface area (Å²) in [5.41, 5.74) is 0.0675. The van der Waals surface area contributed by atoms with E-state index in [2.05, 4.69) is 24.3 Å². The summed E-state index contributed by atoms with van der Waals surface area (Å²) in [4.78, 5) is 0. The molecule has 0 radical (unpaired) electrons. The first kappa shape index (κ1) is 17.7. The van der Waals surface area contributed by atoms with Gasteiger partial charge in [0.05, 0.1) is 0 Å². The zero-order valence-electron chi connectivity index (χ0n) is 10.5. The van der Waals surface area contributed by atoms with Crippen LogP contribution in [0, 0.1) is 0 Å². The molecule has 103 valence electrons. The zero-order valence-corrected chi connectivity index (χ0v) is 14.5. The molecule has 2 nitrogen and oxygen atoms in total. The maximum absolute atomic E-state index is 11.7. The first-order valence-corrected chi connectivity index (χ1v) is 10.9. The number of halogens is 2. The van der Waals surface area contributed by atoms with Gasteiger partial charge in [-0.1, -0.05) is 0 Å². The number of rotatable bonds is 3. The summed E-state index contributed by atoms with van der Waals surface area (Å²) >= 11 is -2.30. The zero-order chi connectivity index (χ0) is 12.5. The molecule has 0 saturated carbocycles. The van der Waals surface area contributed by atoms with Crippen molar-refractivity contribution in [2.24, 2.45) is 0 Å². The maximum Gasteiger partial charge on any atom is -1.00 e. The van der Waals surface area contributed by atoms with Crippen LogP contribution in [0.2, 0.25) is 0 Å². The quantitative estimate of drug-likeness (QED) is 0.476. The van der Waals surface area contributed by atoms with Crippen molar-refractivity contribution in [1.29, 1.82) is 0 Å². The maximum atomic E-state index is 11.7. The van der Waals surface area contributed by atoms with Gasteiger partial charge in [-0.15, -0.1) is 0 Å². The predicted molar refractivity (Wildman–Crippen MR) is 68.4 cm³/mol. The molecule has 2 aliphatic carbocycles. The third-order valence-electron chi connectivity index (χ3n) is 3.39. The van der Waals surface area contributed by atoms with E-state index in [-0.39, 0.29) is 29.0 Å². The summed E-state index contributed by atoms with van der Waals surface area (Å²) in [6, 6.07) is 8.11. The van der Waals surface area contributed by atoms with Gasteiger partial charge in [-0.25, -0.2) is 0 Å². The summed E-state index contributed by atoms with van der Waals surface area (Å²) in [6.07, 6.45) is 11.0. The van der Waals surface area contributed by atoms with E-state index in [1.165, 1.54) is 11.1 Å². The van der Waals surface area contributed by atoms with Gasteiger partial charge < -0.3 is 24.8 Å². The van der Waals surface area contributed by atoms with E-state index in [4.69, 9.17) is 0 Å². The normalized spacial score (nSPS) is 17.8. The van der Waals surface area contributed by atoms with Crippen molar-refractivity contribution < 1.29 is 51.3 Å². The van der Waals surface area contributed by atoms with Gasteiger partial charge in [0.1, 0.15) is 0 Å². The van der Waals surface area contributed by atoms with Gasteiger partial charge in [-0.3, -0.25) is 0 Å². The van der Waals surface area contributed by atoms with Crippen LogP contribution < -0.4 is 24.8 Å². The van der Waals surface area contributed by atoms with Crippen LogP contribution in [0.15, 0.2) is 52.4 Å². The molecule has 1 aromatic carbocycles. The molecule has 1 unspecified atom stereocenters. The van der Waals surface area contributed by atoms with E-state index in [1.807, 2.05) is 30.4 Å². The fraction of sp³-hybridized carbons (Fsp3) is 0.143. The van der Waals surface area contributed by atoms with Gasteiger partial charge in [-0.05, 0) is 0 Å². The van der Waals surface area contributed by atoms with Crippen LogP contribution in [0.3, 0.4) is 0 Å². The van der Waals surface area contributed by atoms with Crippen molar-refractivity contribution in [3.63, 3.8) is 0 Å². The molecule has 0 N–H and O–H groups in total. The SMILES string of the molecule is O=[P](=O)[Ti+2]([C]1=CC=CC1)[CH]1C=Cc2ccccc21.[Cl-].[Cl-]. The Bertz CT molecular complexity index is 642. The minimum Gasteiger partial charge on any atom is -1.00 e. The fourth-order valence-electron chi connectivity index (χ4n) is 2.56. The molecular formula is C14H12Cl2O2PTi. The van der Waals surface area contributed by atoms with Crippen molar-refractivity contribution in [1.82, 2.24) is 0 Å². The summed E-state index contributed by atoms with van der Waals surface area (Å²) in [5, 5.41) is 0. The molecule has 1 atom stereocenters. The fourth-order valence-corrected chi connectivity index (χ4v) is 9.65. The average molecular weight is 362 g/mol. The Morgan fingerprint density at radius 2 is 1.90 bits per heavy atom. The van der Waals surface area contributed by atoms with Crippen LogP contribution in [-0.4, -0.2) is 0 Å². The Balaban J connectivity index is 0.000001000. The average Bonchev–Trinajstić information content (AvgIpc) is 3.00. The van der Waals surface area contributed by atoms with Crippen molar-refractivity contribution in [2.45, 2.75) is 10.6 Å². The molecule has 20 heavy (non-hydrogen) atoms. The molecule has 0 spiro atoms. The van der Waals surface area contributed by atoms with E-state index in [9.17, 15) is 9.13 Å². The van der Waals surface area contributed by atoms with Gasteiger partial charge in [-0.2, -0.15) is 0 Å². The first-order valence-electron chi connectivity index (χ1n) is 5.92. The number of fused-ring (bicyclic) bond motifs is 1. The third-order valence-corrected chi connectivity index (χ3v) is 11.3. The Morgan fingerprint density at radius 3 is 2.55 bits per heavy atom. The molecule has 0 bridgehead atoms. The number of hydrogen-bond acceptors (Lipinski definition) is 2. The Morgan fingerprint density at radius 1 is 1.15 bits per heavy atom. The molecule has 0 amide bonds. The van der Waals surface area contributed by atoms with E-state index in [0.717, 1.165) is 10.3 Å². The second kappa shape index (κ2) is 7.59. The number of allylic oxidation sites excluding steroid dienone is 5. The second-order valence-corrected chi connectivity index (χ2v) is 11.8. The van der Waals surface area contributed by atoms with E-state index in [1.54, 1.807) is 0 Å². The van der Waals surface area contributed by atoms with Crippen LogP contribution in [0.4, 0.5) is 0 Å². The molecule has 1 aromatic rings. The van der Waals surface area contributed by atoms with Crippen LogP contribution in [-0.2, 0) is 26.5 Å². The molecule has 3 rings (SSSR count). The number of hydrogen-bond donors (Lipinski definition) is 0. The second-order valence-electron chi connectivity index (χ2n) is 4.43. The van der Waals surface area contributed by atoms with Gasteiger partial charge in [0.15, 0.2) is 0 Å². The largest absolute Gasteiger partial charge is 1.00 e. The van der Waals surface area contributed by atoms with E-state index < -0.39 is 23.0 Å². The molecule has 6 heteroatoms. The van der Waals surface area contributed by atoms with Crippen LogP contribution in [0.25, 0.3) is 6.08 Å². The molecule has 0 saturated heterocycles. The Labute approximate surface area is 136 Å². The molecule has 0 aromatic heterocycles. The molecule has 2 aliphatic rings. The molecule has 0 aliphatic heterocycles. The first-order chi connectivity index (χ1) is 8.77. The smallest absolute Gasteiger partial charge is 1.00 e. The van der Waals surface area contributed by atoms with Crippen LogP contribution in [0.5, 0.6) is 0 Å². The summed E-state index contributed by atoms with van der Waals surface area (Å²) in [7, 11) is 0. The molecular weight excluding hydrogens is 350 g/mol. The molecule has 0 fully saturated rings. The van der Waals surface area contributed by atoms with Crippen LogP contribution >= 0.6 is 5.67 Å². The van der Waals surface area contributed by atoms with Gasteiger partial charge in [0.2, 0.25) is 0 Å². The Hall–Kier alpha value is -0.366. The standard InChI is InChI=1S/C9H7.C5H5.2ClH.O2P.Ti/c1-2-5-9-7-3-6-8(9)4-1;1-2-4-5-3-1;;;1-3-2;/h1-7H;1-3H,4H2;2*1H;;/q;;;;;+2/p-2. The molecule has 0 heterocycles. The predicted octanol–water partition coefficient (Wildman–Crippen LogP) is -1.69. The minimum absolute atomic E-state index is 0. The van der Waals surface area contributed by atoms with Crippen LogP contribution in [0.1, 0.15) is 21.8 Å². The third kappa shape index (κ3) is 3.27. The van der Waals surface area contributed by atoms with Gasteiger partial charge in [0.25, 0.3) is 0 Å². The van der Waals surface area contributed by atoms with E-state index in [0.29, 0.717) is 0 Å². The topological polar surface area (TPSA) is 34.1 Å². The monoisotopic (exact) mass is 361 g/mol. The van der Waals surface area contributed by atoms with E-state index >= 15 is 0 Å². The van der Waals surface area contributed by atoms with Gasteiger partial charge in [0, 0.05) is 0 Å². The summed E-state index contributed by atoms with van der Waals surface area (Å²) < 4.78 is 24.7. The number of benzene rings is 1. The van der Waals surface area contributed by atoms with Crippen molar-refractivity contribution in [2.75, 3.05) is 0 Å². The summed E-state index contributed by atoms with van der Waals surface area (Å²) in [6.45, 7) is 0. The Kier molecular flexibility index (Phi) is 6.71.